The number of rotatable bonds is 3. The van der Waals surface area contributed by atoms with Gasteiger partial charge in [-0.15, -0.1) is 0 Å². The predicted octanol–water partition coefficient (Wildman–Crippen LogP) is 2.15. The zero-order valence-electron chi connectivity index (χ0n) is 11.3. The van der Waals surface area contributed by atoms with Crippen LogP contribution >= 0.6 is 11.6 Å². The topological polar surface area (TPSA) is 26.7 Å². The average Bonchev–Trinajstić information content (AvgIpc) is 2.74. The van der Waals surface area contributed by atoms with Crippen molar-refractivity contribution in [2.75, 3.05) is 38.7 Å². The molecule has 2 rings (SSSR count). The fourth-order valence-corrected chi connectivity index (χ4v) is 2.90. The predicted molar refractivity (Wildman–Crippen MR) is 76.5 cm³/mol. The second kappa shape index (κ2) is 5.08. The van der Waals surface area contributed by atoms with E-state index in [1.807, 2.05) is 26.2 Å². The zero-order valence-corrected chi connectivity index (χ0v) is 12.0. The third kappa shape index (κ3) is 2.35. The van der Waals surface area contributed by atoms with E-state index in [9.17, 15) is 5.11 Å². The molecule has 4 heteroatoms. The van der Waals surface area contributed by atoms with Crippen molar-refractivity contribution in [1.82, 2.24) is 4.90 Å². The van der Waals surface area contributed by atoms with Gasteiger partial charge in [-0.25, -0.2) is 0 Å². The molecule has 1 aromatic carbocycles. The van der Waals surface area contributed by atoms with Crippen LogP contribution in [0.3, 0.4) is 0 Å². The maximum Gasteiger partial charge on any atom is 0.0633 e. The Hall–Kier alpha value is -0.770. The molecular formula is C14H21ClN2O. The Balaban J connectivity index is 2.22. The van der Waals surface area contributed by atoms with Gasteiger partial charge in [0.2, 0.25) is 0 Å². The molecule has 1 aliphatic rings. The van der Waals surface area contributed by atoms with Crippen LogP contribution in [0.5, 0.6) is 0 Å². The molecule has 0 radical (unpaired) electrons. The highest BCUT2D eigenvalue weighted by Crippen LogP contribution is 2.32. The lowest BCUT2D eigenvalue weighted by atomic mass is 9.98. The number of aliphatic hydroxyl groups is 1. The summed E-state index contributed by atoms with van der Waals surface area (Å²) >= 11 is 5.99. The Morgan fingerprint density at radius 2 is 2.17 bits per heavy atom. The number of hydrogen-bond acceptors (Lipinski definition) is 3. The molecule has 1 heterocycles. The van der Waals surface area contributed by atoms with Crippen LogP contribution < -0.4 is 4.90 Å². The molecule has 1 aliphatic heterocycles. The number of aliphatic hydroxyl groups excluding tert-OH is 1. The van der Waals surface area contributed by atoms with Gasteiger partial charge in [-0.3, -0.25) is 4.90 Å². The van der Waals surface area contributed by atoms with E-state index in [-0.39, 0.29) is 12.1 Å². The number of likely N-dealkylation sites (N-methyl/N-ethyl adjacent to an activating group) is 1. The van der Waals surface area contributed by atoms with Crippen LogP contribution in [0.25, 0.3) is 0 Å². The van der Waals surface area contributed by atoms with Crippen LogP contribution in [0.4, 0.5) is 5.69 Å². The van der Waals surface area contributed by atoms with Crippen LogP contribution in [0.2, 0.25) is 5.02 Å². The van der Waals surface area contributed by atoms with Crippen molar-refractivity contribution in [3.63, 3.8) is 0 Å². The quantitative estimate of drug-likeness (QED) is 0.910. The molecule has 100 valence electrons. The molecule has 1 atom stereocenters. The standard InChI is InChI=1S/C14H21ClN2O/c1-11-8-12(15)4-5-13(11)17-7-6-14(9-17,10-18)16(2)3/h4-5,8,18H,6-7,9-10H2,1-3H3. The largest absolute Gasteiger partial charge is 0.394 e. The highest BCUT2D eigenvalue weighted by molar-refractivity contribution is 6.30. The number of halogens is 1. The summed E-state index contributed by atoms with van der Waals surface area (Å²) in [5.41, 5.74) is 2.29. The third-order valence-electron chi connectivity index (χ3n) is 4.07. The molecular weight excluding hydrogens is 248 g/mol. The van der Waals surface area contributed by atoms with E-state index in [2.05, 4.69) is 22.8 Å². The summed E-state index contributed by atoms with van der Waals surface area (Å²) in [6.07, 6.45) is 0.985. The first kappa shape index (κ1) is 13.7. The van der Waals surface area contributed by atoms with Gasteiger partial charge in [-0.05, 0) is 51.2 Å². The van der Waals surface area contributed by atoms with Gasteiger partial charge in [0.15, 0.2) is 0 Å². The maximum absolute atomic E-state index is 9.68. The summed E-state index contributed by atoms with van der Waals surface area (Å²) in [4.78, 5) is 4.47. The normalized spacial score (nSPS) is 24.0. The summed E-state index contributed by atoms with van der Waals surface area (Å²) in [6, 6.07) is 5.99. The molecule has 3 nitrogen and oxygen atoms in total. The minimum atomic E-state index is -0.119. The number of hydrogen-bond donors (Lipinski definition) is 1. The molecule has 1 aromatic rings. The molecule has 1 N–H and O–H groups in total. The third-order valence-corrected chi connectivity index (χ3v) is 4.31. The SMILES string of the molecule is Cc1cc(Cl)ccc1N1CCC(CO)(N(C)C)C1. The van der Waals surface area contributed by atoms with E-state index in [0.29, 0.717) is 0 Å². The highest BCUT2D eigenvalue weighted by atomic mass is 35.5. The summed E-state index contributed by atoms with van der Waals surface area (Å²) in [7, 11) is 4.07. The van der Waals surface area contributed by atoms with Gasteiger partial charge >= 0.3 is 0 Å². The van der Waals surface area contributed by atoms with Crippen molar-refractivity contribution < 1.29 is 5.11 Å². The van der Waals surface area contributed by atoms with Gasteiger partial charge in [0.25, 0.3) is 0 Å². The molecule has 0 spiro atoms. The molecule has 1 unspecified atom stereocenters. The summed E-state index contributed by atoms with van der Waals surface area (Å²) in [6.45, 7) is 4.11. The smallest absolute Gasteiger partial charge is 0.0633 e. The summed E-state index contributed by atoms with van der Waals surface area (Å²) in [5.74, 6) is 0. The van der Waals surface area contributed by atoms with Crippen molar-refractivity contribution in [1.29, 1.82) is 0 Å². The van der Waals surface area contributed by atoms with E-state index in [4.69, 9.17) is 11.6 Å². The van der Waals surface area contributed by atoms with Crippen molar-refractivity contribution in [2.45, 2.75) is 18.9 Å². The fraction of sp³-hybridized carbons (Fsp3) is 0.571. The first-order chi connectivity index (χ1) is 8.48. The first-order valence-electron chi connectivity index (χ1n) is 6.28. The average molecular weight is 269 g/mol. The second-order valence-corrected chi connectivity index (χ2v) is 5.82. The number of aryl methyl sites for hydroxylation is 1. The Morgan fingerprint density at radius 3 is 2.67 bits per heavy atom. The van der Waals surface area contributed by atoms with E-state index in [1.165, 1.54) is 11.3 Å². The Labute approximate surface area is 114 Å². The lowest BCUT2D eigenvalue weighted by Crippen LogP contribution is -2.49. The van der Waals surface area contributed by atoms with Crippen LogP contribution in [-0.2, 0) is 0 Å². The molecule has 0 aliphatic carbocycles. The van der Waals surface area contributed by atoms with Gasteiger partial charge in [0.1, 0.15) is 0 Å². The fourth-order valence-electron chi connectivity index (χ4n) is 2.67. The van der Waals surface area contributed by atoms with E-state index in [1.54, 1.807) is 0 Å². The van der Waals surface area contributed by atoms with Gasteiger partial charge in [0.05, 0.1) is 12.1 Å². The van der Waals surface area contributed by atoms with E-state index < -0.39 is 0 Å². The molecule has 0 aromatic heterocycles. The van der Waals surface area contributed by atoms with Crippen LogP contribution in [-0.4, -0.2) is 49.3 Å². The van der Waals surface area contributed by atoms with Crippen molar-refractivity contribution >= 4 is 17.3 Å². The number of benzene rings is 1. The Kier molecular flexibility index (Phi) is 3.85. The van der Waals surface area contributed by atoms with E-state index in [0.717, 1.165) is 24.5 Å². The highest BCUT2D eigenvalue weighted by Gasteiger charge is 2.39. The monoisotopic (exact) mass is 268 g/mol. The van der Waals surface area contributed by atoms with Crippen LogP contribution in [0.15, 0.2) is 18.2 Å². The lowest BCUT2D eigenvalue weighted by molar-refractivity contribution is 0.0867. The summed E-state index contributed by atoms with van der Waals surface area (Å²) < 4.78 is 0. The number of nitrogens with zero attached hydrogens (tertiary/aromatic N) is 2. The Bertz CT molecular complexity index is 436. The molecule has 1 fully saturated rings. The lowest BCUT2D eigenvalue weighted by Gasteiger charge is -2.34. The van der Waals surface area contributed by atoms with Gasteiger partial charge < -0.3 is 10.0 Å². The minimum absolute atomic E-state index is 0.119. The Morgan fingerprint density at radius 1 is 1.44 bits per heavy atom. The zero-order chi connectivity index (χ0) is 13.3. The van der Waals surface area contributed by atoms with Crippen molar-refractivity contribution in [2.24, 2.45) is 0 Å². The van der Waals surface area contributed by atoms with Crippen molar-refractivity contribution in [3.8, 4) is 0 Å². The molecule has 0 amide bonds. The van der Waals surface area contributed by atoms with Crippen LogP contribution in [0.1, 0.15) is 12.0 Å². The first-order valence-corrected chi connectivity index (χ1v) is 6.66. The number of anilines is 1. The molecule has 1 saturated heterocycles. The van der Waals surface area contributed by atoms with Crippen molar-refractivity contribution in [3.05, 3.63) is 28.8 Å². The van der Waals surface area contributed by atoms with Gasteiger partial charge in [-0.1, -0.05) is 11.6 Å². The molecule has 0 bridgehead atoms. The second-order valence-electron chi connectivity index (χ2n) is 5.38. The van der Waals surface area contributed by atoms with Gasteiger partial charge in [0, 0.05) is 23.8 Å². The molecule has 18 heavy (non-hydrogen) atoms. The van der Waals surface area contributed by atoms with E-state index >= 15 is 0 Å². The van der Waals surface area contributed by atoms with Gasteiger partial charge in [-0.2, -0.15) is 0 Å². The van der Waals surface area contributed by atoms with Crippen LogP contribution in [0, 0.1) is 6.92 Å². The summed E-state index contributed by atoms with van der Waals surface area (Å²) in [5, 5.41) is 10.5. The maximum atomic E-state index is 9.68. The minimum Gasteiger partial charge on any atom is -0.394 e. The molecule has 0 saturated carbocycles.